The minimum atomic E-state index is -4.28. The maximum atomic E-state index is 10.4. The van der Waals surface area contributed by atoms with Crippen LogP contribution in [0.3, 0.4) is 0 Å². The molecule has 0 rings (SSSR count). The van der Waals surface area contributed by atoms with Crippen LogP contribution in [0.2, 0.25) is 0 Å². The minimum absolute atomic E-state index is 0. The van der Waals surface area contributed by atoms with E-state index in [-0.39, 0.29) is 18.2 Å². The van der Waals surface area contributed by atoms with Crippen LogP contribution in [0.25, 0.3) is 0 Å². The van der Waals surface area contributed by atoms with Gasteiger partial charge in [-0.15, -0.1) is 0 Å². The van der Waals surface area contributed by atoms with Gasteiger partial charge in [0.25, 0.3) is 0 Å². The maximum absolute atomic E-state index is 10.4. The second kappa shape index (κ2) is 13.3. The van der Waals surface area contributed by atoms with Crippen molar-refractivity contribution in [2.24, 2.45) is 5.41 Å². The van der Waals surface area contributed by atoms with Crippen LogP contribution >= 0.6 is 0 Å². The molecule has 0 aliphatic carbocycles. The number of hydrogen-bond donors (Lipinski definition) is 2. The zero-order valence-corrected chi connectivity index (χ0v) is 15.6. The molecule has 0 saturated heterocycles. The molecule has 0 bridgehead atoms. The Kier molecular flexibility index (Phi) is 14.5. The van der Waals surface area contributed by atoms with Gasteiger partial charge in [0.2, 0.25) is 0 Å². The van der Waals surface area contributed by atoms with Gasteiger partial charge in [0.05, 0.1) is 6.61 Å². The van der Waals surface area contributed by atoms with Gasteiger partial charge in [0, 0.05) is 0 Å². The van der Waals surface area contributed by atoms with E-state index in [1.807, 2.05) is 0 Å². The number of rotatable bonds is 14. The summed E-state index contributed by atoms with van der Waals surface area (Å²) in [4.78, 5) is 0. The lowest BCUT2D eigenvalue weighted by molar-refractivity contribution is 0.224. The summed E-state index contributed by atoms with van der Waals surface area (Å²) >= 11 is 0. The molecule has 0 aliphatic heterocycles. The molecule has 6 heteroatoms. The highest BCUT2D eigenvalue weighted by atomic mass is 32.3. The molecule has 0 aliphatic rings. The van der Waals surface area contributed by atoms with E-state index in [1.54, 1.807) is 0 Å². The maximum Gasteiger partial charge on any atom is 0.397 e. The first-order valence-electron chi connectivity index (χ1n) is 8.39. The van der Waals surface area contributed by atoms with Crippen LogP contribution in [0.4, 0.5) is 0 Å². The first kappa shape index (κ1) is 24.1. The van der Waals surface area contributed by atoms with E-state index >= 15 is 0 Å². The summed E-state index contributed by atoms with van der Waals surface area (Å²) in [6.45, 7) is 6.73. The fourth-order valence-electron chi connectivity index (χ4n) is 2.58. The van der Waals surface area contributed by atoms with E-state index in [4.69, 9.17) is 4.55 Å². The van der Waals surface area contributed by atoms with Crippen molar-refractivity contribution in [2.75, 3.05) is 6.61 Å². The molecule has 0 fully saturated rings. The van der Waals surface area contributed by atoms with Crippen molar-refractivity contribution in [3.05, 3.63) is 0 Å². The van der Waals surface area contributed by atoms with E-state index in [0.717, 1.165) is 12.8 Å². The Hall–Kier alpha value is -0.170. The Bertz CT molecular complexity index is 342. The molecule has 0 atom stereocenters. The van der Waals surface area contributed by atoms with Crippen molar-refractivity contribution in [3.8, 4) is 0 Å². The Morgan fingerprint density at radius 1 is 0.864 bits per heavy atom. The number of unbranched alkanes of at least 4 members (excludes halogenated alkanes) is 7. The first-order valence-corrected chi connectivity index (χ1v) is 9.75. The Morgan fingerprint density at radius 2 is 1.32 bits per heavy atom. The number of hydrogen-bond acceptors (Lipinski definition) is 4. The standard InChI is InChI=1S/C16H34O4S.H3N/c1-4-5-6-7-8-9-10-11-13-16(2,3)14-12-15-20-21(17,18)19;/h4-15H2,1-3H3,(H,17,18,19);1H3. The van der Waals surface area contributed by atoms with Crippen LogP contribution < -0.4 is 6.15 Å². The SMILES string of the molecule is CCCCCCCCCCC(C)(C)CCCOS(=O)(=O)O.N. The van der Waals surface area contributed by atoms with Crippen LogP contribution in [-0.4, -0.2) is 19.6 Å². The van der Waals surface area contributed by atoms with Crippen molar-refractivity contribution >= 4 is 10.4 Å². The topological polar surface area (TPSA) is 98.6 Å². The first-order chi connectivity index (χ1) is 9.77. The van der Waals surface area contributed by atoms with Gasteiger partial charge in [-0.1, -0.05) is 72.1 Å². The molecule has 22 heavy (non-hydrogen) atoms. The fourth-order valence-corrected chi connectivity index (χ4v) is 2.91. The lowest BCUT2D eigenvalue weighted by atomic mass is 9.82. The third-order valence-electron chi connectivity index (χ3n) is 3.94. The van der Waals surface area contributed by atoms with Crippen molar-refractivity contribution in [2.45, 2.75) is 91.4 Å². The summed E-state index contributed by atoms with van der Waals surface area (Å²) < 4.78 is 33.7. The third-order valence-corrected chi connectivity index (χ3v) is 4.40. The van der Waals surface area contributed by atoms with E-state index in [9.17, 15) is 8.42 Å². The average Bonchev–Trinajstić information content (AvgIpc) is 2.37. The van der Waals surface area contributed by atoms with Crippen molar-refractivity contribution < 1.29 is 17.2 Å². The van der Waals surface area contributed by atoms with Crippen LogP contribution in [0.15, 0.2) is 0 Å². The highest BCUT2D eigenvalue weighted by molar-refractivity contribution is 7.80. The normalized spacial score (nSPS) is 12.2. The molecule has 0 saturated carbocycles. The molecule has 0 radical (unpaired) electrons. The molecule has 4 N–H and O–H groups in total. The fraction of sp³-hybridized carbons (Fsp3) is 1.00. The molecule has 0 heterocycles. The minimum Gasteiger partial charge on any atom is -0.344 e. The third kappa shape index (κ3) is 17.9. The molecule has 136 valence electrons. The Morgan fingerprint density at radius 3 is 1.82 bits per heavy atom. The van der Waals surface area contributed by atoms with Gasteiger partial charge in [-0.05, 0) is 24.7 Å². The summed E-state index contributed by atoms with van der Waals surface area (Å²) in [5.74, 6) is 0. The molecule has 5 nitrogen and oxygen atoms in total. The Balaban J connectivity index is 0. The van der Waals surface area contributed by atoms with Gasteiger partial charge in [0.15, 0.2) is 0 Å². The molecule has 0 aromatic carbocycles. The van der Waals surface area contributed by atoms with Crippen LogP contribution in [-0.2, 0) is 14.6 Å². The molecule has 0 amide bonds. The largest absolute Gasteiger partial charge is 0.397 e. The lowest BCUT2D eigenvalue weighted by Crippen LogP contribution is -2.13. The quantitative estimate of drug-likeness (QED) is 0.330. The van der Waals surface area contributed by atoms with Gasteiger partial charge < -0.3 is 6.15 Å². The zero-order chi connectivity index (χ0) is 16.2. The summed E-state index contributed by atoms with van der Waals surface area (Å²) in [5.41, 5.74) is 0.213. The van der Waals surface area contributed by atoms with Crippen LogP contribution in [0.5, 0.6) is 0 Å². The average molecular weight is 340 g/mol. The second-order valence-electron chi connectivity index (χ2n) is 6.74. The molecule has 0 spiro atoms. The summed E-state index contributed by atoms with van der Waals surface area (Å²) in [7, 11) is -4.28. The van der Waals surface area contributed by atoms with E-state index in [2.05, 4.69) is 25.0 Å². The van der Waals surface area contributed by atoms with E-state index < -0.39 is 10.4 Å². The van der Waals surface area contributed by atoms with E-state index in [1.165, 1.54) is 51.4 Å². The highest BCUT2D eigenvalue weighted by Crippen LogP contribution is 2.29. The molecule has 0 aromatic rings. The zero-order valence-electron chi connectivity index (χ0n) is 14.8. The molecule has 0 unspecified atom stereocenters. The van der Waals surface area contributed by atoms with Crippen molar-refractivity contribution in [1.82, 2.24) is 6.15 Å². The predicted octanol–water partition coefficient (Wildman–Crippen LogP) is 5.31. The summed E-state index contributed by atoms with van der Waals surface area (Å²) in [6.07, 6.45) is 13.3. The Labute approximate surface area is 137 Å². The molecular formula is C16H37NO4S. The van der Waals surface area contributed by atoms with Gasteiger partial charge in [0.1, 0.15) is 0 Å². The van der Waals surface area contributed by atoms with Crippen LogP contribution in [0.1, 0.15) is 91.4 Å². The van der Waals surface area contributed by atoms with Crippen molar-refractivity contribution in [3.63, 3.8) is 0 Å². The van der Waals surface area contributed by atoms with Gasteiger partial charge in [-0.3, -0.25) is 4.55 Å². The van der Waals surface area contributed by atoms with Crippen molar-refractivity contribution in [1.29, 1.82) is 0 Å². The second-order valence-corrected chi connectivity index (χ2v) is 7.83. The van der Waals surface area contributed by atoms with Crippen LogP contribution in [0, 0.1) is 5.41 Å². The monoisotopic (exact) mass is 339 g/mol. The smallest absolute Gasteiger partial charge is 0.344 e. The molecule has 0 aromatic heterocycles. The summed E-state index contributed by atoms with van der Waals surface area (Å²) in [5, 5.41) is 0. The lowest BCUT2D eigenvalue weighted by Gasteiger charge is -2.24. The predicted molar refractivity (Wildman–Crippen MR) is 92.8 cm³/mol. The van der Waals surface area contributed by atoms with Gasteiger partial charge in [-0.25, -0.2) is 4.18 Å². The molecular weight excluding hydrogens is 302 g/mol. The highest BCUT2D eigenvalue weighted by Gasteiger charge is 2.17. The van der Waals surface area contributed by atoms with Gasteiger partial charge >= 0.3 is 10.4 Å². The van der Waals surface area contributed by atoms with Gasteiger partial charge in [-0.2, -0.15) is 8.42 Å². The summed E-state index contributed by atoms with van der Waals surface area (Å²) in [6, 6.07) is 0. The van der Waals surface area contributed by atoms with E-state index in [0.29, 0.717) is 6.42 Å².